The van der Waals surface area contributed by atoms with Crippen LogP contribution in [0.1, 0.15) is 174 Å². The minimum Gasteiger partial charge on any atom is -0.394 e. The van der Waals surface area contributed by atoms with Gasteiger partial charge >= 0.3 is 0 Å². The molecule has 1 amide bonds. The SMILES string of the molecule is CC/C=C\C/C=C\C/C=C\C/C=C\C/C=C\C/C=C\C/C=C\C/C=C\C/C=C\C/C=C\CCCCCCCCCCC(=O)NC(COC1OC(CO)C(OC2OC(CO)C(OC3OC(CO)C(O)C(O)C3O)C(O)C2O)C(O)C1O)C(O)/C=C/CC/C=C/CC/C=C/CC. The van der Waals surface area contributed by atoms with Crippen LogP contribution in [0, 0.1) is 0 Å². The fourth-order valence-corrected chi connectivity index (χ4v) is 10.5. The number of allylic oxidation sites excluding steroid dienone is 25. The van der Waals surface area contributed by atoms with Gasteiger partial charge in [-0.15, -0.1) is 0 Å². The van der Waals surface area contributed by atoms with Crippen LogP contribution in [-0.4, -0.2) is 193 Å². The molecule has 0 aliphatic carbocycles. The summed E-state index contributed by atoms with van der Waals surface area (Å²) in [5.41, 5.74) is 0. The molecular weight excluding hydrogens is 1200 g/mol. The lowest BCUT2D eigenvalue weighted by Crippen LogP contribution is -2.66. The Balaban J connectivity index is 1.33. The molecule has 0 radical (unpaired) electrons. The Labute approximate surface area is 561 Å². The largest absolute Gasteiger partial charge is 0.394 e. The molecule has 17 atom stereocenters. The highest BCUT2D eigenvalue weighted by molar-refractivity contribution is 5.76. The van der Waals surface area contributed by atoms with Crippen molar-refractivity contribution in [1.82, 2.24) is 5.32 Å². The molecule has 17 unspecified atom stereocenters. The topological polar surface area (TPSA) is 307 Å². The second kappa shape index (κ2) is 54.4. The number of nitrogens with one attached hydrogen (secondary N) is 1. The van der Waals surface area contributed by atoms with Gasteiger partial charge in [0.05, 0.1) is 38.6 Å². The first-order valence-electron chi connectivity index (χ1n) is 34.7. The van der Waals surface area contributed by atoms with Crippen LogP contribution in [0.4, 0.5) is 0 Å². The number of rotatable bonds is 50. The molecule has 3 rings (SSSR count). The van der Waals surface area contributed by atoms with E-state index in [0.29, 0.717) is 12.8 Å². The number of aliphatic hydroxyl groups is 11. The first-order valence-corrected chi connectivity index (χ1v) is 34.7. The molecule has 0 spiro atoms. The quantitative estimate of drug-likeness (QED) is 0.0199. The van der Waals surface area contributed by atoms with E-state index in [2.05, 4.69) is 165 Å². The van der Waals surface area contributed by atoms with Gasteiger partial charge in [0.2, 0.25) is 5.91 Å². The zero-order valence-corrected chi connectivity index (χ0v) is 56.1. The number of hydrogen-bond donors (Lipinski definition) is 12. The zero-order chi connectivity index (χ0) is 68.2. The monoisotopic (exact) mass is 1320 g/mol. The van der Waals surface area contributed by atoms with Crippen molar-refractivity contribution in [3.05, 3.63) is 158 Å². The van der Waals surface area contributed by atoms with Crippen LogP contribution >= 0.6 is 0 Å². The molecule has 19 heteroatoms. The fraction of sp³-hybridized carbons (Fsp3) is 0.640. The van der Waals surface area contributed by atoms with E-state index in [9.17, 15) is 61.0 Å². The summed E-state index contributed by atoms with van der Waals surface area (Å²) < 4.78 is 34.2. The van der Waals surface area contributed by atoms with Gasteiger partial charge in [-0.1, -0.05) is 210 Å². The third-order valence-corrected chi connectivity index (χ3v) is 16.0. The molecule has 19 nitrogen and oxygen atoms in total. The van der Waals surface area contributed by atoms with Crippen molar-refractivity contribution in [2.24, 2.45) is 0 Å². The average Bonchev–Trinajstić information content (AvgIpc) is 0.788. The molecule has 12 N–H and O–H groups in total. The van der Waals surface area contributed by atoms with E-state index in [1.165, 1.54) is 6.42 Å². The van der Waals surface area contributed by atoms with E-state index in [1.54, 1.807) is 12.2 Å². The number of ether oxygens (including phenoxy) is 6. The van der Waals surface area contributed by atoms with Gasteiger partial charge in [0.15, 0.2) is 18.9 Å². The highest BCUT2D eigenvalue weighted by Crippen LogP contribution is 2.33. The molecule has 0 aromatic carbocycles. The molecule has 94 heavy (non-hydrogen) atoms. The second-order valence-electron chi connectivity index (χ2n) is 23.9. The second-order valence-corrected chi connectivity index (χ2v) is 23.9. The molecule has 3 aliphatic rings. The van der Waals surface area contributed by atoms with Crippen LogP contribution in [0.2, 0.25) is 0 Å². The Morgan fingerprint density at radius 1 is 0.383 bits per heavy atom. The van der Waals surface area contributed by atoms with Crippen molar-refractivity contribution in [2.75, 3.05) is 26.4 Å². The Hall–Kier alpha value is -4.59. The minimum absolute atomic E-state index is 0.211. The average molecular weight is 1320 g/mol. The lowest BCUT2D eigenvalue weighted by atomic mass is 9.96. The van der Waals surface area contributed by atoms with Crippen LogP contribution in [0.25, 0.3) is 0 Å². The molecule has 0 aromatic rings. The predicted molar refractivity (Wildman–Crippen MR) is 369 cm³/mol. The molecule has 3 fully saturated rings. The van der Waals surface area contributed by atoms with Crippen molar-refractivity contribution in [3.63, 3.8) is 0 Å². The van der Waals surface area contributed by atoms with Gasteiger partial charge in [0, 0.05) is 6.42 Å². The van der Waals surface area contributed by atoms with Gasteiger partial charge in [0.25, 0.3) is 0 Å². The summed E-state index contributed by atoms with van der Waals surface area (Å²) >= 11 is 0. The van der Waals surface area contributed by atoms with Gasteiger partial charge in [-0.2, -0.15) is 0 Å². The summed E-state index contributed by atoms with van der Waals surface area (Å²) in [7, 11) is 0. The summed E-state index contributed by atoms with van der Waals surface area (Å²) in [6, 6.07) is -1.01. The third kappa shape index (κ3) is 35.6. The summed E-state index contributed by atoms with van der Waals surface area (Å²) in [4.78, 5) is 13.3. The van der Waals surface area contributed by atoms with E-state index in [4.69, 9.17) is 28.4 Å². The first kappa shape index (κ1) is 83.6. The van der Waals surface area contributed by atoms with Crippen molar-refractivity contribution in [3.8, 4) is 0 Å². The van der Waals surface area contributed by atoms with E-state index in [1.807, 2.05) is 0 Å². The van der Waals surface area contributed by atoms with Crippen molar-refractivity contribution in [2.45, 2.75) is 279 Å². The van der Waals surface area contributed by atoms with Crippen LogP contribution in [0.15, 0.2) is 158 Å². The highest BCUT2D eigenvalue weighted by Gasteiger charge is 2.53. The fourth-order valence-electron chi connectivity index (χ4n) is 10.5. The minimum atomic E-state index is -1.99. The maximum absolute atomic E-state index is 13.3. The Bertz CT molecular complexity index is 2320. The molecule has 0 bridgehead atoms. The molecule has 3 heterocycles. The maximum Gasteiger partial charge on any atom is 0.220 e. The van der Waals surface area contributed by atoms with Gasteiger partial charge < -0.3 is 89.9 Å². The van der Waals surface area contributed by atoms with Crippen LogP contribution < -0.4 is 5.32 Å². The van der Waals surface area contributed by atoms with Crippen molar-refractivity contribution in [1.29, 1.82) is 0 Å². The number of unbranched alkanes of at least 4 members (excludes halogenated alkanes) is 10. The lowest BCUT2D eigenvalue weighted by molar-refractivity contribution is -0.379. The molecule has 0 saturated carbocycles. The standard InChI is InChI=1S/C75H119NO18/c1-3-5-7-9-11-13-15-16-17-18-19-20-21-22-23-24-25-26-27-28-29-30-31-32-33-34-35-36-37-38-39-40-41-42-43-45-47-49-51-53-63(81)76-58(59(80)52-50-48-46-44-14-12-10-8-6-4-2)57-89-73-69(87)66(84)71(61(55-78)91-73)94-75-70(88)67(85)72(62(56-79)92-75)93-74-68(86)65(83)64(82)60(54-77)90-74/h5-8,11,13-14,16-17,19-20,22-23,25-26,28-29,31-32,34-35,37-38,44,50,52,58-62,64-75,77-80,82-88H,3-4,9-10,12,15,18,21,24,27,30,33,36,39-43,45-49,51,53-57H2,1-2H3,(H,76,81)/b7-5-,8-6+,13-11-,17-16-,20-19-,23-22-,26-25-,29-28-,32-31-,35-34-,38-37-,44-14+,52-50+. The number of aliphatic hydroxyl groups excluding tert-OH is 11. The number of carbonyl (C=O) groups is 1. The normalized spacial score (nSPS) is 28.4. The molecular formula is C75H119NO18. The van der Waals surface area contributed by atoms with Gasteiger partial charge in [-0.3, -0.25) is 4.79 Å². The van der Waals surface area contributed by atoms with Gasteiger partial charge in [0.1, 0.15) is 73.2 Å². The van der Waals surface area contributed by atoms with Crippen molar-refractivity contribution >= 4 is 5.91 Å². The highest BCUT2D eigenvalue weighted by atomic mass is 16.8. The lowest BCUT2D eigenvalue weighted by Gasteiger charge is -2.48. The van der Waals surface area contributed by atoms with E-state index in [0.717, 1.165) is 135 Å². The maximum atomic E-state index is 13.3. The summed E-state index contributed by atoms with van der Waals surface area (Å²) in [5, 5.41) is 120. The van der Waals surface area contributed by atoms with E-state index >= 15 is 0 Å². The molecule has 532 valence electrons. The van der Waals surface area contributed by atoms with Crippen molar-refractivity contribution < 1.29 is 89.4 Å². The molecule has 0 aromatic heterocycles. The molecule has 3 saturated heterocycles. The smallest absolute Gasteiger partial charge is 0.220 e. The predicted octanol–water partition coefficient (Wildman–Crippen LogP) is 9.32. The van der Waals surface area contributed by atoms with Gasteiger partial charge in [-0.25, -0.2) is 0 Å². The number of hydrogen-bond acceptors (Lipinski definition) is 18. The Kier molecular flexibility index (Phi) is 48.4. The van der Waals surface area contributed by atoms with Gasteiger partial charge in [-0.05, 0) is 116 Å². The molecule has 3 aliphatic heterocycles. The summed E-state index contributed by atoms with van der Waals surface area (Å²) in [6.07, 6.45) is 52.6. The number of amides is 1. The third-order valence-electron chi connectivity index (χ3n) is 16.0. The van der Waals surface area contributed by atoms with E-state index < -0.39 is 124 Å². The first-order chi connectivity index (χ1) is 45.8. The van der Waals surface area contributed by atoms with Crippen LogP contribution in [0.5, 0.6) is 0 Å². The van der Waals surface area contributed by atoms with Crippen LogP contribution in [0.3, 0.4) is 0 Å². The Morgan fingerprint density at radius 3 is 1.15 bits per heavy atom. The summed E-state index contributed by atoms with van der Waals surface area (Å²) in [5.74, 6) is -0.309. The summed E-state index contributed by atoms with van der Waals surface area (Å²) in [6.45, 7) is 1.41. The number of carbonyl (C=O) groups excluding carboxylic acids is 1. The zero-order valence-electron chi connectivity index (χ0n) is 56.1. The van der Waals surface area contributed by atoms with Crippen LogP contribution in [-0.2, 0) is 33.2 Å². The van der Waals surface area contributed by atoms with E-state index in [-0.39, 0.29) is 18.9 Å². The Morgan fingerprint density at radius 2 is 0.713 bits per heavy atom.